The fourth-order valence-electron chi connectivity index (χ4n) is 5.24. The van der Waals surface area contributed by atoms with Gasteiger partial charge in [-0.3, -0.25) is 9.59 Å². The van der Waals surface area contributed by atoms with Crippen molar-refractivity contribution < 1.29 is 19.8 Å². The first-order chi connectivity index (χ1) is 20.5. The van der Waals surface area contributed by atoms with Gasteiger partial charge in [0.1, 0.15) is 0 Å². The predicted octanol–water partition coefficient (Wildman–Crippen LogP) is 8.91. The number of rotatable bonds is 10. The highest BCUT2D eigenvalue weighted by Gasteiger charge is 2.39. The first-order valence-corrected chi connectivity index (χ1v) is 15.4. The maximum absolute atomic E-state index is 12.2. The monoisotopic (exact) mass is 596 g/mol. The van der Waals surface area contributed by atoms with Gasteiger partial charge in [-0.2, -0.15) is 0 Å². The van der Waals surface area contributed by atoms with Crippen molar-refractivity contribution in [3.63, 3.8) is 0 Å². The van der Waals surface area contributed by atoms with Gasteiger partial charge in [-0.1, -0.05) is 135 Å². The highest BCUT2D eigenvalue weighted by molar-refractivity contribution is 5.98. The summed E-state index contributed by atoms with van der Waals surface area (Å²) in [7, 11) is 0. The van der Waals surface area contributed by atoms with Crippen molar-refractivity contribution in [2.75, 3.05) is 0 Å². The van der Waals surface area contributed by atoms with E-state index in [1.807, 2.05) is 142 Å². The van der Waals surface area contributed by atoms with E-state index in [2.05, 4.69) is 12.2 Å². The van der Waals surface area contributed by atoms with E-state index in [1.165, 1.54) is 0 Å². The smallest absolute Gasteiger partial charge is 0.161 e. The molecule has 2 atom stereocenters. The molecular weight excluding hydrogens is 544 g/mol. The van der Waals surface area contributed by atoms with Crippen molar-refractivity contribution in [3.05, 3.63) is 130 Å². The molecule has 0 aromatic carbocycles. The normalized spacial score (nSPS) is 24.5. The van der Waals surface area contributed by atoms with Gasteiger partial charge in [0.05, 0.1) is 12.2 Å². The fraction of sp³-hybridized carbons (Fsp3) is 0.400. The van der Waals surface area contributed by atoms with Crippen molar-refractivity contribution >= 4 is 11.6 Å². The molecule has 2 rings (SSSR count). The molecule has 44 heavy (non-hydrogen) atoms. The molecule has 0 fully saturated rings. The number of aliphatic hydroxyl groups excluding tert-OH is 2. The van der Waals surface area contributed by atoms with E-state index in [1.54, 1.807) is 0 Å². The van der Waals surface area contributed by atoms with Crippen LogP contribution < -0.4 is 0 Å². The Kier molecular flexibility index (Phi) is 13.2. The summed E-state index contributed by atoms with van der Waals surface area (Å²) in [5.74, 6) is 0.0243. The van der Waals surface area contributed by atoms with Crippen LogP contribution in [0.2, 0.25) is 0 Å². The zero-order valence-corrected chi connectivity index (χ0v) is 28.4. The molecule has 0 aromatic rings. The fourth-order valence-corrected chi connectivity index (χ4v) is 5.24. The van der Waals surface area contributed by atoms with Gasteiger partial charge in [-0.05, 0) is 63.8 Å². The van der Waals surface area contributed by atoms with Gasteiger partial charge in [-0.15, -0.1) is 0 Å². The minimum atomic E-state index is -0.667. The molecule has 0 saturated carbocycles. The number of carbonyl (C=O) groups is 2. The summed E-state index contributed by atoms with van der Waals surface area (Å²) in [6.07, 6.45) is 27.2. The third-order valence-electron chi connectivity index (χ3n) is 8.75. The van der Waals surface area contributed by atoms with Crippen molar-refractivity contribution in [2.24, 2.45) is 10.8 Å². The van der Waals surface area contributed by atoms with E-state index >= 15 is 0 Å². The molecular formula is C40H52O4. The van der Waals surface area contributed by atoms with Gasteiger partial charge in [0, 0.05) is 23.7 Å². The van der Waals surface area contributed by atoms with Crippen LogP contribution in [0.3, 0.4) is 0 Å². The maximum Gasteiger partial charge on any atom is 0.161 e. The van der Waals surface area contributed by atoms with Crippen molar-refractivity contribution in [3.8, 4) is 0 Å². The molecule has 236 valence electrons. The predicted molar refractivity (Wildman–Crippen MR) is 185 cm³/mol. The summed E-state index contributed by atoms with van der Waals surface area (Å²) >= 11 is 0. The van der Waals surface area contributed by atoms with Gasteiger partial charge in [-0.25, -0.2) is 0 Å². The second kappa shape index (κ2) is 15.9. The number of hydrogen-bond acceptors (Lipinski definition) is 4. The highest BCUT2D eigenvalue weighted by Crippen LogP contribution is 2.41. The van der Waals surface area contributed by atoms with Crippen molar-refractivity contribution in [1.82, 2.24) is 0 Å². The molecule has 2 aliphatic rings. The van der Waals surface area contributed by atoms with Crippen LogP contribution in [0.1, 0.15) is 82.1 Å². The molecule has 0 bridgehead atoms. The third kappa shape index (κ3) is 9.97. The molecule has 2 aliphatic carbocycles. The first-order valence-electron chi connectivity index (χ1n) is 15.4. The topological polar surface area (TPSA) is 74.6 Å². The second-order valence-electron chi connectivity index (χ2n) is 13.2. The Hall–Kier alpha value is -3.60. The summed E-state index contributed by atoms with van der Waals surface area (Å²) < 4.78 is 0. The zero-order chi connectivity index (χ0) is 33.2. The Labute approximate surface area is 265 Å². The lowest BCUT2D eigenvalue weighted by Crippen LogP contribution is -2.38. The van der Waals surface area contributed by atoms with Crippen molar-refractivity contribution in [2.45, 2.75) is 94.3 Å². The van der Waals surface area contributed by atoms with Crippen LogP contribution in [0, 0.1) is 10.8 Å². The van der Waals surface area contributed by atoms with E-state index in [0.717, 1.165) is 44.6 Å². The molecule has 0 amide bonds. The van der Waals surface area contributed by atoms with E-state index < -0.39 is 23.0 Å². The first kappa shape index (κ1) is 36.6. The highest BCUT2D eigenvalue weighted by atomic mass is 16.3. The lowest BCUT2D eigenvalue weighted by Gasteiger charge is -2.36. The molecule has 0 radical (unpaired) electrons. The third-order valence-corrected chi connectivity index (χ3v) is 8.75. The standard InChI is InChI=1S/C40H52O4/c1-27(17-13-19-29(3)21-23-33-31(5)35(41)25-37(43)39(33,7)8)15-11-12-16-28(2)18-14-20-30(4)22-24-34-32(6)36(42)26-38(44)40(34,9)10/h11-24,37-38,43-44H,25-26H2,1-10H3/b12-11+,17-13+,18-14+,23-21+,24-22+,27-15+,28-16+,29-19+,30-20+/t37-,38-/m0/s1. The molecule has 0 saturated heterocycles. The number of allylic oxidation sites excluding steroid dienone is 20. The van der Waals surface area contributed by atoms with Crippen LogP contribution in [0.5, 0.6) is 0 Å². The lowest BCUT2D eigenvalue weighted by atomic mass is 9.70. The molecule has 0 aromatic heterocycles. The quantitative estimate of drug-likeness (QED) is 0.247. The van der Waals surface area contributed by atoms with Crippen molar-refractivity contribution in [1.29, 1.82) is 0 Å². The van der Waals surface area contributed by atoms with Crippen LogP contribution >= 0.6 is 0 Å². The minimum Gasteiger partial charge on any atom is -0.392 e. The van der Waals surface area contributed by atoms with E-state index in [9.17, 15) is 19.8 Å². The lowest BCUT2D eigenvalue weighted by molar-refractivity contribution is -0.120. The van der Waals surface area contributed by atoms with Gasteiger partial charge in [0.2, 0.25) is 0 Å². The minimum absolute atomic E-state index is 0.0122. The molecule has 0 spiro atoms. The van der Waals surface area contributed by atoms with Crippen LogP contribution in [0.25, 0.3) is 0 Å². The summed E-state index contributed by atoms with van der Waals surface area (Å²) in [5.41, 5.74) is 6.69. The van der Waals surface area contributed by atoms with E-state index in [4.69, 9.17) is 0 Å². The summed E-state index contributed by atoms with van der Waals surface area (Å²) in [4.78, 5) is 24.4. The van der Waals surface area contributed by atoms with Gasteiger partial charge < -0.3 is 10.2 Å². The average molecular weight is 597 g/mol. The second-order valence-corrected chi connectivity index (χ2v) is 13.2. The maximum atomic E-state index is 12.2. The average Bonchev–Trinajstić information content (AvgIpc) is 2.93. The van der Waals surface area contributed by atoms with Gasteiger partial charge in [0.25, 0.3) is 0 Å². The van der Waals surface area contributed by atoms with E-state index in [-0.39, 0.29) is 24.4 Å². The molecule has 4 nitrogen and oxygen atoms in total. The summed E-state index contributed by atoms with van der Waals surface area (Å²) in [6.45, 7) is 19.7. The van der Waals surface area contributed by atoms with Crippen LogP contribution in [0.4, 0.5) is 0 Å². The molecule has 0 unspecified atom stereocenters. The summed E-state index contributed by atoms with van der Waals surface area (Å²) in [6, 6.07) is 0. The zero-order valence-electron chi connectivity index (χ0n) is 28.4. The SMILES string of the molecule is CC1=C(/C=C/C(C)=C/C=C/C(C)=C/C=C/C=C(C)/C=C/C=C(C)/C=C/C2=C(C)C(=O)C[C@H](O)C2(C)C)C(C)(C)[C@@H](O)CC1=O. The number of hydrogen-bond donors (Lipinski definition) is 2. The number of ketones is 2. The van der Waals surface area contributed by atoms with Gasteiger partial charge in [0.15, 0.2) is 11.6 Å². The van der Waals surface area contributed by atoms with Gasteiger partial charge >= 0.3 is 0 Å². The number of Topliss-reactive ketones (excluding diaryl/α,β-unsaturated/α-hetero) is 2. The Morgan fingerprint density at radius 2 is 0.864 bits per heavy atom. The van der Waals surface area contributed by atoms with Crippen LogP contribution in [0.15, 0.2) is 130 Å². The largest absolute Gasteiger partial charge is 0.392 e. The molecule has 4 heteroatoms. The summed E-state index contributed by atoms with van der Waals surface area (Å²) in [5, 5.41) is 20.8. The molecule has 0 heterocycles. The number of aliphatic hydroxyl groups is 2. The molecule has 2 N–H and O–H groups in total. The van der Waals surface area contributed by atoms with E-state index in [0.29, 0.717) is 0 Å². The Morgan fingerprint density at radius 1 is 0.568 bits per heavy atom. The van der Waals surface area contributed by atoms with Crippen LogP contribution in [-0.2, 0) is 9.59 Å². The Balaban J connectivity index is 1.96. The Bertz CT molecular complexity index is 1340. The van der Waals surface area contributed by atoms with Crippen LogP contribution in [-0.4, -0.2) is 34.0 Å². The Morgan fingerprint density at radius 3 is 1.20 bits per heavy atom. The molecule has 0 aliphatic heterocycles. The number of carbonyl (C=O) groups excluding carboxylic acids is 2.